The van der Waals surface area contributed by atoms with Crippen molar-refractivity contribution in [1.82, 2.24) is 0 Å². The second kappa shape index (κ2) is 4.13. The summed E-state index contributed by atoms with van der Waals surface area (Å²) in [5.74, 6) is 0.153. The summed E-state index contributed by atoms with van der Waals surface area (Å²) in [5, 5.41) is 1.59. The highest BCUT2D eigenvalue weighted by molar-refractivity contribution is 9.10. The van der Waals surface area contributed by atoms with Gasteiger partial charge in [0.25, 0.3) is 0 Å². The van der Waals surface area contributed by atoms with Gasteiger partial charge in [0, 0.05) is 9.69 Å². The molecule has 86 valence electrons. The molecule has 0 radical (unpaired) electrons. The summed E-state index contributed by atoms with van der Waals surface area (Å²) in [7, 11) is -4.54. The van der Waals surface area contributed by atoms with Gasteiger partial charge < -0.3 is 4.52 Å². The zero-order valence-corrected chi connectivity index (χ0v) is 11.0. The molecule has 1 aliphatic heterocycles. The SMILES string of the molecule is O=P(O)(O)OC1=c2cc(Br)c(Cl)cc2=NC1. The van der Waals surface area contributed by atoms with Gasteiger partial charge in [-0.25, -0.2) is 4.57 Å². The average molecular weight is 326 g/mol. The van der Waals surface area contributed by atoms with Gasteiger partial charge in [-0.05, 0) is 28.1 Å². The van der Waals surface area contributed by atoms with E-state index in [4.69, 9.17) is 21.4 Å². The molecule has 8 heteroatoms. The van der Waals surface area contributed by atoms with E-state index in [2.05, 4.69) is 25.4 Å². The lowest BCUT2D eigenvalue weighted by atomic mass is 10.3. The molecule has 0 aliphatic carbocycles. The summed E-state index contributed by atoms with van der Waals surface area (Å²) in [6.45, 7) is 0.104. The number of fused-ring (bicyclic) bond motifs is 1. The second-order valence-corrected chi connectivity index (χ2v) is 5.53. The van der Waals surface area contributed by atoms with Crippen molar-refractivity contribution in [2.45, 2.75) is 0 Å². The van der Waals surface area contributed by atoms with Crippen LogP contribution in [0.2, 0.25) is 5.02 Å². The first-order valence-electron chi connectivity index (χ1n) is 4.15. The first-order valence-corrected chi connectivity index (χ1v) is 6.85. The van der Waals surface area contributed by atoms with Gasteiger partial charge in [0.2, 0.25) is 0 Å². The number of phosphoric ester groups is 1. The van der Waals surface area contributed by atoms with E-state index in [9.17, 15) is 4.57 Å². The van der Waals surface area contributed by atoms with Crippen LogP contribution in [0.4, 0.5) is 0 Å². The Balaban J connectivity index is 2.60. The maximum absolute atomic E-state index is 10.7. The molecular formula is C8H6BrClNO4P. The third-order valence-corrected chi connectivity index (χ3v) is 3.62. The Kier molecular flexibility index (Phi) is 3.11. The van der Waals surface area contributed by atoms with E-state index >= 15 is 0 Å². The zero-order chi connectivity index (χ0) is 11.9. The van der Waals surface area contributed by atoms with Crippen molar-refractivity contribution in [3.8, 4) is 0 Å². The largest absolute Gasteiger partial charge is 0.524 e. The molecule has 0 bridgehead atoms. The molecule has 5 nitrogen and oxygen atoms in total. The molecule has 0 saturated heterocycles. The molecule has 1 aliphatic rings. The fraction of sp³-hybridized carbons (Fsp3) is 0.125. The molecule has 2 rings (SSSR count). The van der Waals surface area contributed by atoms with E-state index in [1.165, 1.54) is 0 Å². The van der Waals surface area contributed by atoms with Crippen molar-refractivity contribution >= 4 is 41.1 Å². The third kappa shape index (κ3) is 2.47. The molecule has 0 spiro atoms. The van der Waals surface area contributed by atoms with Crippen LogP contribution in [0, 0.1) is 0 Å². The van der Waals surface area contributed by atoms with E-state index in [-0.39, 0.29) is 12.3 Å². The van der Waals surface area contributed by atoms with E-state index in [0.29, 0.717) is 20.1 Å². The van der Waals surface area contributed by atoms with Crippen LogP contribution in [0.3, 0.4) is 0 Å². The van der Waals surface area contributed by atoms with E-state index in [1.54, 1.807) is 12.1 Å². The predicted octanol–water partition coefficient (Wildman–Crippen LogP) is 0.953. The van der Waals surface area contributed by atoms with Crippen LogP contribution < -0.4 is 10.6 Å². The third-order valence-electron chi connectivity index (χ3n) is 1.96. The molecule has 1 aromatic rings. The van der Waals surface area contributed by atoms with Gasteiger partial charge in [0.05, 0.1) is 16.9 Å². The quantitative estimate of drug-likeness (QED) is 0.793. The van der Waals surface area contributed by atoms with Gasteiger partial charge in [-0.3, -0.25) is 14.8 Å². The fourth-order valence-corrected chi connectivity index (χ4v) is 2.30. The summed E-state index contributed by atoms with van der Waals surface area (Å²) in [4.78, 5) is 21.5. The van der Waals surface area contributed by atoms with E-state index in [0.717, 1.165) is 0 Å². The van der Waals surface area contributed by atoms with Gasteiger partial charge in [-0.2, -0.15) is 0 Å². The normalized spacial score (nSPS) is 14.6. The minimum atomic E-state index is -4.54. The second-order valence-electron chi connectivity index (χ2n) is 3.10. The first-order chi connectivity index (χ1) is 7.37. The Labute approximate surface area is 104 Å². The van der Waals surface area contributed by atoms with Crippen LogP contribution in [0.5, 0.6) is 0 Å². The number of phosphoric acid groups is 1. The van der Waals surface area contributed by atoms with Gasteiger partial charge in [0.15, 0.2) is 0 Å². The summed E-state index contributed by atoms with van der Waals surface area (Å²) in [6.07, 6.45) is 0. The van der Waals surface area contributed by atoms with Crippen LogP contribution in [-0.2, 0) is 9.09 Å². The molecule has 0 fully saturated rings. The Hall–Kier alpha value is -0.390. The molecule has 0 amide bonds. The minimum Gasteiger partial charge on any atom is -0.406 e. The molecule has 2 N–H and O–H groups in total. The summed E-state index contributed by atoms with van der Waals surface area (Å²) in [5.41, 5.74) is 0. The number of nitrogens with zero attached hydrogens (tertiary/aromatic N) is 1. The molecular weight excluding hydrogens is 320 g/mol. The lowest BCUT2D eigenvalue weighted by Gasteiger charge is -2.06. The summed E-state index contributed by atoms with van der Waals surface area (Å²) in [6, 6.07) is 3.23. The van der Waals surface area contributed by atoms with Crippen LogP contribution in [-0.4, -0.2) is 16.3 Å². The van der Waals surface area contributed by atoms with Crippen molar-refractivity contribution in [3.05, 3.63) is 32.2 Å². The molecule has 0 aromatic heterocycles. The van der Waals surface area contributed by atoms with Crippen molar-refractivity contribution in [2.24, 2.45) is 4.99 Å². The monoisotopic (exact) mass is 325 g/mol. The zero-order valence-electron chi connectivity index (χ0n) is 7.72. The molecule has 0 unspecified atom stereocenters. The summed E-state index contributed by atoms with van der Waals surface area (Å²) < 4.78 is 15.9. The van der Waals surface area contributed by atoms with Crippen molar-refractivity contribution in [3.63, 3.8) is 0 Å². The first kappa shape index (κ1) is 12.1. The number of benzene rings is 1. The van der Waals surface area contributed by atoms with E-state index < -0.39 is 7.82 Å². The highest BCUT2D eigenvalue weighted by atomic mass is 79.9. The molecule has 1 aromatic carbocycles. The fourth-order valence-electron chi connectivity index (χ4n) is 1.35. The maximum Gasteiger partial charge on any atom is 0.524 e. The van der Waals surface area contributed by atoms with Crippen LogP contribution in [0.1, 0.15) is 0 Å². The van der Waals surface area contributed by atoms with Crippen molar-refractivity contribution in [1.29, 1.82) is 0 Å². The highest BCUT2D eigenvalue weighted by Crippen LogP contribution is 2.39. The van der Waals surface area contributed by atoms with Gasteiger partial charge >= 0.3 is 7.82 Å². The van der Waals surface area contributed by atoms with Crippen LogP contribution in [0.25, 0.3) is 5.76 Å². The standard InChI is InChI=1S/C8H6BrClNO4P/c9-5-1-4-7(2-6(5)10)11-3-8(4)15-16(12,13)14/h1-2H,3H2,(H2,12,13,14). The predicted molar refractivity (Wildman–Crippen MR) is 61.3 cm³/mol. The van der Waals surface area contributed by atoms with Crippen molar-refractivity contribution < 1.29 is 18.9 Å². The average Bonchev–Trinajstić information content (AvgIpc) is 2.47. The topological polar surface area (TPSA) is 79.1 Å². The highest BCUT2D eigenvalue weighted by Gasteiger charge is 2.20. The Morgan fingerprint density at radius 3 is 2.81 bits per heavy atom. The maximum atomic E-state index is 10.7. The van der Waals surface area contributed by atoms with Gasteiger partial charge in [-0.15, -0.1) is 0 Å². The van der Waals surface area contributed by atoms with Gasteiger partial charge in [0.1, 0.15) is 5.76 Å². The van der Waals surface area contributed by atoms with Crippen molar-refractivity contribution in [2.75, 3.05) is 6.54 Å². The lowest BCUT2D eigenvalue weighted by Crippen LogP contribution is -2.23. The molecule has 16 heavy (non-hydrogen) atoms. The minimum absolute atomic E-state index is 0.104. The lowest BCUT2D eigenvalue weighted by molar-refractivity contribution is 0.266. The van der Waals surface area contributed by atoms with Gasteiger partial charge in [-0.1, -0.05) is 11.6 Å². The number of rotatable bonds is 2. The van der Waals surface area contributed by atoms with Crippen LogP contribution in [0.15, 0.2) is 21.6 Å². The Morgan fingerprint density at radius 2 is 2.19 bits per heavy atom. The van der Waals surface area contributed by atoms with Crippen LogP contribution >= 0.6 is 35.4 Å². The number of halogens is 2. The molecule has 1 heterocycles. The van der Waals surface area contributed by atoms with E-state index in [1.807, 2.05) is 0 Å². The molecule has 0 atom stereocenters. The Bertz CT molecular complexity index is 611. The smallest absolute Gasteiger partial charge is 0.406 e. The number of hydrogen-bond acceptors (Lipinski definition) is 3. The summed E-state index contributed by atoms with van der Waals surface area (Å²) >= 11 is 9.08. The Morgan fingerprint density at radius 1 is 1.50 bits per heavy atom. The molecule has 0 saturated carbocycles. The number of hydrogen-bond donors (Lipinski definition) is 2.